The van der Waals surface area contributed by atoms with Crippen molar-refractivity contribution in [3.8, 4) is 5.75 Å². The van der Waals surface area contributed by atoms with Crippen molar-refractivity contribution in [2.24, 2.45) is 5.73 Å². The molecular formula is C12H14F2N6O2. The second-order valence-corrected chi connectivity index (χ2v) is 4.28. The van der Waals surface area contributed by atoms with Crippen LogP contribution in [0.25, 0.3) is 0 Å². The summed E-state index contributed by atoms with van der Waals surface area (Å²) in [4.78, 5) is 11.2. The van der Waals surface area contributed by atoms with Crippen LogP contribution in [0.15, 0.2) is 18.2 Å². The average molecular weight is 312 g/mol. The number of hydrogen-bond acceptors (Lipinski definition) is 6. The first-order valence-electron chi connectivity index (χ1n) is 6.37. The zero-order valence-electron chi connectivity index (χ0n) is 11.4. The number of rotatable bonds is 8. The Morgan fingerprint density at radius 2 is 2.27 bits per heavy atom. The summed E-state index contributed by atoms with van der Waals surface area (Å²) in [5, 5.41) is 16.3. The summed E-state index contributed by atoms with van der Waals surface area (Å²) in [6.07, 6.45) is -2.14. The first kappa shape index (κ1) is 15.6. The number of hydrogen-bond donors (Lipinski definition) is 3. The first-order valence-corrected chi connectivity index (χ1v) is 6.37. The summed E-state index contributed by atoms with van der Waals surface area (Å²) in [6, 6.07) is 4.27. The van der Waals surface area contributed by atoms with Gasteiger partial charge < -0.3 is 15.8 Å². The van der Waals surface area contributed by atoms with Gasteiger partial charge in [0.05, 0.1) is 5.69 Å². The van der Waals surface area contributed by atoms with Crippen LogP contribution in [0.2, 0.25) is 0 Å². The number of anilines is 1. The average Bonchev–Trinajstić information content (AvgIpc) is 2.98. The van der Waals surface area contributed by atoms with E-state index in [2.05, 4.69) is 25.9 Å². The third-order valence-corrected chi connectivity index (χ3v) is 2.68. The maximum atomic E-state index is 12.3. The summed E-state index contributed by atoms with van der Waals surface area (Å²) < 4.78 is 29.5. The van der Waals surface area contributed by atoms with E-state index >= 15 is 0 Å². The molecule has 0 aliphatic carbocycles. The van der Waals surface area contributed by atoms with Gasteiger partial charge in [-0.05, 0) is 18.2 Å². The number of benzene rings is 1. The molecule has 22 heavy (non-hydrogen) atoms. The van der Waals surface area contributed by atoms with E-state index in [1.807, 2.05) is 0 Å². The third-order valence-electron chi connectivity index (χ3n) is 2.68. The normalized spacial score (nSPS) is 10.7. The number of aromatic nitrogens is 4. The molecule has 118 valence electrons. The maximum absolute atomic E-state index is 12.3. The number of ether oxygens (including phenoxy) is 1. The van der Waals surface area contributed by atoms with E-state index in [0.717, 1.165) is 0 Å². The van der Waals surface area contributed by atoms with Gasteiger partial charge in [-0.3, -0.25) is 4.79 Å². The van der Waals surface area contributed by atoms with Gasteiger partial charge in [-0.2, -0.15) is 5.21 Å². The summed E-state index contributed by atoms with van der Waals surface area (Å²) in [6.45, 7) is -0.345. The molecule has 2 aromatic rings. The lowest BCUT2D eigenvalue weighted by Crippen LogP contribution is -2.14. The molecule has 0 saturated carbocycles. The Hall–Kier alpha value is -2.78. The van der Waals surface area contributed by atoms with E-state index in [-0.39, 0.29) is 11.3 Å². The molecule has 0 atom stereocenters. The van der Waals surface area contributed by atoms with Gasteiger partial charge in [0, 0.05) is 18.5 Å². The summed E-state index contributed by atoms with van der Waals surface area (Å²) in [7, 11) is 0. The standard InChI is InChI=1S/C12H14F2N6O2/c13-10(14)6-22-9-2-1-7(12(15)21)5-8(9)16-4-3-11-17-19-20-18-11/h1-2,5,10,16H,3-4,6H2,(H2,15,21)(H,17,18,19,20). The van der Waals surface area contributed by atoms with Crippen LogP contribution in [0, 0.1) is 0 Å². The Bertz CT molecular complexity index is 620. The Kier molecular flexibility index (Phi) is 5.17. The van der Waals surface area contributed by atoms with Gasteiger partial charge in [0.25, 0.3) is 6.43 Å². The number of amides is 1. The quantitative estimate of drug-likeness (QED) is 0.656. The number of nitrogens with zero attached hydrogens (tertiary/aromatic N) is 3. The zero-order chi connectivity index (χ0) is 15.9. The fourth-order valence-electron chi connectivity index (χ4n) is 1.70. The molecule has 2 rings (SSSR count). The molecular weight excluding hydrogens is 298 g/mol. The number of aromatic amines is 1. The fourth-order valence-corrected chi connectivity index (χ4v) is 1.70. The summed E-state index contributed by atoms with van der Waals surface area (Å²) in [5.74, 6) is 0.0774. The summed E-state index contributed by atoms with van der Waals surface area (Å²) >= 11 is 0. The van der Waals surface area contributed by atoms with Gasteiger partial charge in [-0.1, -0.05) is 5.21 Å². The van der Waals surface area contributed by atoms with Gasteiger partial charge in [-0.25, -0.2) is 8.78 Å². The van der Waals surface area contributed by atoms with Crippen LogP contribution in [-0.4, -0.2) is 46.1 Å². The van der Waals surface area contributed by atoms with Gasteiger partial charge in [-0.15, -0.1) is 10.2 Å². The smallest absolute Gasteiger partial charge is 0.272 e. The fraction of sp³-hybridized carbons (Fsp3) is 0.333. The number of alkyl halides is 2. The summed E-state index contributed by atoms with van der Waals surface area (Å²) in [5.41, 5.74) is 5.83. The lowest BCUT2D eigenvalue weighted by molar-refractivity contribution is 0.0822. The number of primary amides is 1. The molecule has 4 N–H and O–H groups in total. The predicted molar refractivity (Wildman–Crippen MR) is 72.8 cm³/mol. The van der Waals surface area contributed by atoms with Crippen LogP contribution in [0.3, 0.4) is 0 Å². The van der Waals surface area contributed by atoms with E-state index in [1.54, 1.807) is 0 Å². The highest BCUT2D eigenvalue weighted by Crippen LogP contribution is 2.26. The monoisotopic (exact) mass is 312 g/mol. The lowest BCUT2D eigenvalue weighted by atomic mass is 10.1. The van der Waals surface area contributed by atoms with E-state index in [0.29, 0.717) is 24.5 Å². The zero-order valence-corrected chi connectivity index (χ0v) is 11.4. The van der Waals surface area contributed by atoms with Crippen molar-refractivity contribution < 1.29 is 18.3 Å². The van der Waals surface area contributed by atoms with Crippen molar-refractivity contribution in [2.75, 3.05) is 18.5 Å². The molecule has 0 radical (unpaired) electrons. The van der Waals surface area contributed by atoms with E-state index in [1.165, 1.54) is 18.2 Å². The van der Waals surface area contributed by atoms with Crippen molar-refractivity contribution in [3.63, 3.8) is 0 Å². The molecule has 8 nitrogen and oxygen atoms in total. The van der Waals surface area contributed by atoms with Gasteiger partial charge in [0.1, 0.15) is 12.4 Å². The van der Waals surface area contributed by atoms with Crippen molar-refractivity contribution in [2.45, 2.75) is 12.8 Å². The van der Waals surface area contributed by atoms with E-state index < -0.39 is 18.9 Å². The third kappa shape index (κ3) is 4.36. The minimum atomic E-state index is -2.59. The van der Waals surface area contributed by atoms with Crippen LogP contribution < -0.4 is 15.8 Å². The van der Waals surface area contributed by atoms with Crippen molar-refractivity contribution in [1.82, 2.24) is 20.6 Å². The van der Waals surface area contributed by atoms with E-state index in [9.17, 15) is 13.6 Å². The number of nitrogens with two attached hydrogens (primary N) is 1. The van der Waals surface area contributed by atoms with Crippen LogP contribution in [-0.2, 0) is 6.42 Å². The lowest BCUT2D eigenvalue weighted by Gasteiger charge is -2.13. The second kappa shape index (κ2) is 7.29. The van der Waals surface area contributed by atoms with Crippen molar-refractivity contribution in [3.05, 3.63) is 29.6 Å². The molecule has 0 fully saturated rings. The van der Waals surface area contributed by atoms with Crippen molar-refractivity contribution >= 4 is 11.6 Å². The number of carbonyl (C=O) groups excluding carboxylic acids is 1. The highest BCUT2D eigenvalue weighted by molar-refractivity contribution is 5.94. The van der Waals surface area contributed by atoms with Crippen LogP contribution in [0.5, 0.6) is 5.75 Å². The SMILES string of the molecule is NC(=O)c1ccc(OCC(F)F)c(NCCc2nn[nH]n2)c1. The van der Waals surface area contributed by atoms with Crippen LogP contribution in [0.4, 0.5) is 14.5 Å². The molecule has 0 bridgehead atoms. The predicted octanol–water partition coefficient (Wildman–Crippen LogP) is 0.597. The Morgan fingerprint density at radius 1 is 1.45 bits per heavy atom. The molecule has 1 aromatic carbocycles. The van der Waals surface area contributed by atoms with Gasteiger partial charge >= 0.3 is 0 Å². The first-order chi connectivity index (χ1) is 10.6. The van der Waals surface area contributed by atoms with E-state index in [4.69, 9.17) is 10.5 Å². The molecule has 1 heterocycles. The number of halogens is 2. The Labute approximate surface area is 124 Å². The van der Waals surface area contributed by atoms with Gasteiger partial charge in [0.15, 0.2) is 5.82 Å². The maximum Gasteiger partial charge on any atom is 0.272 e. The Balaban J connectivity index is 2.06. The topological polar surface area (TPSA) is 119 Å². The molecule has 0 spiro atoms. The Morgan fingerprint density at radius 3 is 2.91 bits per heavy atom. The highest BCUT2D eigenvalue weighted by atomic mass is 19.3. The second-order valence-electron chi connectivity index (χ2n) is 4.28. The molecule has 1 amide bonds. The minimum Gasteiger partial charge on any atom is -0.485 e. The minimum absolute atomic E-state index is 0.207. The highest BCUT2D eigenvalue weighted by Gasteiger charge is 2.11. The molecule has 0 aliphatic heterocycles. The number of tetrazole rings is 1. The van der Waals surface area contributed by atoms with Crippen LogP contribution >= 0.6 is 0 Å². The molecule has 0 unspecified atom stereocenters. The molecule has 0 aliphatic rings. The molecule has 0 saturated heterocycles. The largest absolute Gasteiger partial charge is 0.485 e. The van der Waals surface area contributed by atoms with Crippen LogP contribution in [0.1, 0.15) is 16.2 Å². The van der Waals surface area contributed by atoms with Gasteiger partial charge in [0.2, 0.25) is 5.91 Å². The number of H-pyrrole nitrogens is 1. The van der Waals surface area contributed by atoms with Crippen molar-refractivity contribution in [1.29, 1.82) is 0 Å². The number of carbonyl (C=O) groups is 1. The molecule has 1 aromatic heterocycles. The number of nitrogens with one attached hydrogen (secondary N) is 2. The molecule has 10 heteroatoms.